The van der Waals surface area contributed by atoms with Crippen LogP contribution in [0, 0.1) is 22.7 Å². The van der Waals surface area contributed by atoms with Crippen molar-refractivity contribution in [3.63, 3.8) is 0 Å². The molecule has 0 unspecified atom stereocenters. The topological polar surface area (TPSA) is 73.4 Å². The average Bonchev–Trinajstić information content (AvgIpc) is 3.00. The van der Waals surface area contributed by atoms with E-state index in [2.05, 4.69) is 94.9 Å². The van der Waals surface area contributed by atoms with E-state index in [4.69, 9.17) is 0 Å². The second kappa shape index (κ2) is 9.82. The number of nitrogens with zero attached hydrogens (tertiary/aromatic N) is 4. The predicted octanol–water partition coefficient (Wildman–Crippen LogP) is 8.04. The molecule has 4 nitrogen and oxygen atoms in total. The molecule has 2 heterocycles. The number of pyridine rings is 2. The minimum Gasteiger partial charge on any atom is -0.246 e. The van der Waals surface area contributed by atoms with Gasteiger partial charge in [-0.2, -0.15) is 10.5 Å². The van der Waals surface area contributed by atoms with Gasteiger partial charge in [-0.05, 0) is 104 Å². The van der Waals surface area contributed by atoms with Gasteiger partial charge in [-0.1, -0.05) is 60.7 Å². The molecule has 0 N–H and O–H groups in total. The third-order valence-electron chi connectivity index (χ3n) is 6.65. The third kappa shape index (κ3) is 4.51. The number of rotatable bonds is 4. The van der Waals surface area contributed by atoms with Gasteiger partial charge in [-0.15, -0.1) is 0 Å². The largest absolute Gasteiger partial charge is 0.246 e. The smallest absolute Gasteiger partial charge is 0.141 e. The monoisotopic (exact) mass is 484 g/mol. The fraction of sp³-hybridized carbons (Fsp3) is 0. The van der Waals surface area contributed by atoms with Crippen molar-refractivity contribution < 1.29 is 0 Å². The number of benzene rings is 4. The molecule has 176 valence electrons. The quantitative estimate of drug-likeness (QED) is 0.254. The lowest BCUT2D eigenvalue weighted by atomic mass is 9.95. The van der Waals surface area contributed by atoms with E-state index in [9.17, 15) is 10.5 Å². The molecule has 0 radical (unpaired) electrons. The van der Waals surface area contributed by atoms with Crippen LogP contribution in [0.5, 0.6) is 0 Å². The van der Waals surface area contributed by atoms with Crippen LogP contribution >= 0.6 is 0 Å². The Morgan fingerprint density at radius 3 is 1.16 bits per heavy atom. The number of hydrogen-bond acceptors (Lipinski definition) is 4. The molecule has 2 aromatic heterocycles. The molecule has 0 spiro atoms. The zero-order chi connectivity index (χ0) is 25.9. The summed E-state index contributed by atoms with van der Waals surface area (Å²) in [7, 11) is 0. The fourth-order valence-electron chi connectivity index (χ4n) is 4.70. The van der Waals surface area contributed by atoms with Crippen molar-refractivity contribution in [3.05, 3.63) is 133 Å². The Balaban J connectivity index is 1.33. The number of fused-ring (bicyclic) bond motifs is 1. The van der Waals surface area contributed by atoms with E-state index in [0.29, 0.717) is 11.4 Å². The Morgan fingerprint density at radius 1 is 0.395 bits per heavy atom. The molecule has 0 fully saturated rings. The first kappa shape index (κ1) is 22.9. The molecule has 0 aliphatic carbocycles. The highest BCUT2D eigenvalue weighted by molar-refractivity contribution is 5.91. The van der Waals surface area contributed by atoms with E-state index < -0.39 is 0 Å². The molecule has 4 aromatic carbocycles. The zero-order valence-corrected chi connectivity index (χ0v) is 20.3. The Bertz CT molecular complexity index is 1770. The molecule has 6 rings (SSSR count). The highest BCUT2D eigenvalue weighted by Gasteiger charge is 2.07. The molecule has 6 aromatic rings. The summed E-state index contributed by atoms with van der Waals surface area (Å²) < 4.78 is 0. The molecule has 0 bridgehead atoms. The summed E-state index contributed by atoms with van der Waals surface area (Å²) >= 11 is 0. The maximum absolute atomic E-state index is 9.19. The SMILES string of the molecule is N#Cc1cc(-c2cccc(-c3ccc4cc(-c5cccc(-c6ccnc(C#N)c6)c5)ccc4c3)c2)ccn1. The van der Waals surface area contributed by atoms with E-state index in [1.54, 1.807) is 12.4 Å². The molecule has 0 aliphatic heterocycles. The highest BCUT2D eigenvalue weighted by Crippen LogP contribution is 2.32. The lowest BCUT2D eigenvalue weighted by Crippen LogP contribution is -1.86. The number of aromatic nitrogens is 2. The molecule has 4 heteroatoms. The van der Waals surface area contributed by atoms with Crippen LogP contribution in [0.2, 0.25) is 0 Å². The Kier molecular flexibility index (Phi) is 5.91. The number of hydrogen-bond donors (Lipinski definition) is 0. The van der Waals surface area contributed by atoms with Gasteiger partial charge in [0.1, 0.15) is 23.5 Å². The molecule has 0 amide bonds. The molecule has 38 heavy (non-hydrogen) atoms. The van der Waals surface area contributed by atoms with Crippen LogP contribution in [-0.4, -0.2) is 9.97 Å². The minimum absolute atomic E-state index is 0.410. The van der Waals surface area contributed by atoms with Crippen LogP contribution in [0.15, 0.2) is 122 Å². The van der Waals surface area contributed by atoms with Gasteiger partial charge in [-0.25, -0.2) is 9.97 Å². The Labute approximate surface area is 220 Å². The van der Waals surface area contributed by atoms with Crippen molar-refractivity contribution in [2.24, 2.45) is 0 Å². The van der Waals surface area contributed by atoms with Crippen LogP contribution in [-0.2, 0) is 0 Å². The van der Waals surface area contributed by atoms with Crippen molar-refractivity contribution in [1.29, 1.82) is 10.5 Å². The Hall–Kier alpha value is -5.58. The first-order valence-corrected chi connectivity index (χ1v) is 12.2. The zero-order valence-electron chi connectivity index (χ0n) is 20.3. The Morgan fingerprint density at radius 2 is 0.763 bits per heavy atom. The average molecular weight is 485 g/mol. The van der Waals surface area contributed by atoms with E-state index in [0.717, 1.165) is 55.3 Å². The van der Waals surface area contributed by atoms with Crippen LogP contribution in [0.25, 0.3) is 55.3 Å². The van der Waals surface area contributed by atoms with Gasteiger partial charge in [0, 0.05) is 12.4 Å². The minimum atomic E-state index is 0.410. The van der Waals surface area contributed by atoms with Gasteiger partial charge in [-0.3, -0.25) is 0 Å². The maximum Gasteiger partial charge on any atom is 0.141 e. The maximum atomic E-state index is 9.19. The first-order valence-electron chi connectivity index (χ1n) is 12.2. The summed E-state index contributed by atoms with van der Waals surface area (Å²) in [4.78, 5) is 8.16. The van der Waals surface area contributed by atoms with Gasteiger partial charge >= 0.3 is 0 Å². The lowest BCUT2D eigenvalue weighted by molar-refractivity contribution is 1.26. The van der Waals surface area contributed by atoms with Crippen molar-refractivity contribution in [3.8, 4) is 56.6 Å². The summed E-state index contributed by atoms with van der Waals surface area (Å²) in [5.74, 6) is 0. The summed E-state index contributed by atoms with van der Waals surface area (Å²) in [6.07, 6.45) is 3.34. The van der Waals surface area contributed by atoms with Crippen molar-refractivity contribution >= 4 is 10.8 Å². The van der Waals surface area contributed by atoms with Gasteiger partial charge in [0.25, 0.3) is 0 Å². The molecule has 0 aliphatic rings. The summed E-state index contributed by atoms with van der Waals surface area (Å²) in [6, 6.07) is 41.4. The highest BCUT2D eigenvalue weighted by atomic mass is 14.7. The van der Waals surface area contributed by atoms with Crippen LogP contribution in [0.1, 0.15) is 11.4 Å². The van der Waals surface area contributed by atoms with Crippen LogP contribution < -0.4 is 0 Å². The first-order chi connectivity index (χ1) is 18.7. The summed E-state index contributed by atoms with van der Waals surface area (Å²) in [6.45, 7) is 0. The normalized spacial score (nSPS) is 10.6. The second-order valence-corrected chi connectivity index (χ2v) is 9.02. The standard InChI is InChI=1S/C34H20N4/c35-21-33-19-31(11-13-37-33)25-5-1-3-23(15-25)27-7-9-30-18-28(8-10-29(30)17-27)24-4-2-6-26(16-24)32-12-14-38-34(20-32)22-36/h1-20H. The lowest BCUT2D eigenvalue weighted by Gasteiger charge is -2.10. The second-order valence-electron chi connectivity index (χ2n) is 9.02. The molecular weight excluding hydrogens is 464 g/mol. The van der Waals surface area contributed by atoms with Crippen LogP contribution in [0.4, 0.5) is 0 Å². The van der Waals surface area contributed by atoms with Gasteiger partial charge in [0.2, 0.25) is 0 Å². The van der Waals surface area contributed by atoms with Crippen molar-refractivity contribution in [1.82, 2.24) is 9.97 Å². The van der Waals surface area contributed by atoms with Crippen molar-refractivity contribution in [2.45, 2.75) is 0 Å². The van der Waals surface area contributed by atoms with E-state index >= 15 is 0 Å². The molecule has 0 atom stereocenters. The van der Waals surface area contributed by atoms with E-state index in [1.807, 2.05) is 36.4 Å². The van der Waals surface area contributed by atoms with Crippen LogP contribution in [0.3, 0.4) is 0 Å². The predicted molar refractivity (Wildman–Crippen MR) is 151 cm³/mol. The van der Waals surface area contributed by atoms with Gasteiger partial charge in [0.05, 0.1) is 0 Å². The molecule has 0 saturated heterocycles. The van der Waals surface area contributed by atoms with E-state index in [-0.39, 0.29) is 0 Å². The summed E-state index contributed by atoms with van der Waals surface area (Å²) in [5.41, 5.74) is 9.37. The van der Waals surface area contributed by atoms with Crippen molar-refractivity contribution in [2.75, 3.05) is 0 Å². The van der Waals surface area contributed by atoms with Gasteiger partial charge in [0.15, 0.2) is 0 Å². The number of nitriles is 2. The van der Waals surface area contributed by atoms with E-state index in [1.165, 1.54) is 0 Å². The fourth-order valence-corrected chi connectivity index (χ4v) is 4.70. The summed E-state index contributed by atoms with van der Waals surface area (Å²) in [5, 5.41) is 20.7. The molecular formula is C34H20N4. The molecule has 0 saturated carbocycles. The van der Waals surface area contributed by atoms with Gasteiger partial charge < -0.3 is 0 Å². The third-order valence-corrected chi connectivity index (χ3v) is 6.65.